The minimum atomic E-state index is -0.443. The molecule has 0 unspecified atom stereocenters. The number of carbonyl (C=O) groups excluding carboxylic acids is 1. The summed E-state index contributed by atoms with van der Waals surface area (Å²) in [5.74, 6) is -0.505. The first-order valence-corrected chi connectivity index (χ1v) is 5.32. The van der Waals surface area contributed by atoms with Crippen LogP contribution in [0.4, 0.5) is 5.88 Å². The second-order valence-electron chi connectivity index (χ2n) is 3.66. The van der Waals surface area contributed by atoms with Crippen LogP contribution in [0.3, 0.4) is 0 Å². The van der Waals surface area contributed by atoms with Crippen LogP contribution in [0, 0.1) is 0 Å². The van der Waals surface area contributed by atoms with Crippen molar-refractivity contribution in [1.82, 2.24) is 5.27 Å². The highest BCUT2D eigenvalue weighted by molar-refractivity contribution is 5.79. The smallest absolute Gasteiger partial charge is 0.339 e. The molecule has 1 aromatic carbocycles. The van der Waals surface area contributed by atoms with Gasteiger partial charge < -0.3 is 5.11 Å². The van der Waals surface area contributed by atoms with Crippen molar-refractivity contribution >= 4 is 18.1 Å². The molecule has 0 atom stereocenters. The van der Waals surface area contributed by atoms with Crippen molar-refractivity contribution in [3.8, 4) is 0 Å². The average molecular weight is 245 g/mol. The Labute approximate surface area is 103 Å². The van der Waals surface area contributed by atoms with Crippen molar-refractivity contribution in [2.24, 2.45) is 4.99 Å². The zero-order chi connectivity index (χ0) is 13.0. The van der Waals surface area contributed by atoms with Gasteiger partial charge in [0.05, 0.1) is 0 Å². The molecular weight excluding hydrogens is 234 g/mol. The number of aliphatic imine (C=N–C) groups is 1. The van der Waals surface area contributed by atoms with Gasteiger partial charge in [-0.3, -0.25) is 9.32 Å². The van der Waals surface area contributed by atoms with Crippen LogP contribution in [0.25, 0.3) is 0 Å². The van der Waals surface area contributed by atoms with Gasteiger partial charge in [-0.1, -0.05) is 30.3 Å². The predicted molar refractivity (Wildman–Crippen MR) is 60.4 cm³/mol. The monoisotopic (exact) mass is 245 g/mol. The van der Waals surface area contributed by atoms with E-state index in [4.69, 9.17) is 4.52 Å². The molecule has 0 fully saturated rings. The molecule has 0 saturated heterocycles. The largest absolute Gasteiger partial charge is 0.862 e. The van der Waals surface area contributed by atoms with Gasteiger partial charge in [0.15, 0.2) is 0 Å². The van der Waals surface area contributed by atoms with E-state index in [0.29, 0.717) is 12.8 Å². The molecule has 0 spiro atoms. The first kappa shape index (κ1) is 12.0. The van der Waals surface area contributed by atoms with Crippen molar-refractivity contribution in [1.29, 1.82) is 0 Å². The van der Waals surface area contributed by atoms with E-state index < -0.39 is 5.90 Å². The molecule has 0 bridgehead atoms. The molecule has 18 heavy (non-hydrogen) atoms. The van der Waals surface area contributed by atoms with Crippen molar-refractivity contribution in [3.05, 3.63) is 41.6 Å². The maximum atomic E-state index is 11.0. The Morgan fingerprint density at radius 1 is 1.50 bits per heavy atom. The number of carbonyl (C=O) groups is 1. The van der Waals surface area contributed by atoms with E-state index in [1.54, 1.807) is 0 Å². The van der Waals surface area contributed by atoms with Crippen LogP contribution in [0.15, 0.2) is 39.8 Å². The number of nitrogens with zero attached hydrogens (tertiary/aromatic N) is 3. The van der Waals surface area contributed by atoms with E-state index >= 15 is 0 Å². The maximum Gasteiger partial charge on any atom is 0.339 e. The molecule has 6 nitrogen and oxygen atoms in total. The Hall–Kier alpha value is -2.50. The normalized spacial score (nSPS) is 11.5. The summed E-state index contributed by atoms with van der Waals surface area (Å²) in [6.45, 7) is 1.66. The van der Waals surface area contributed by atoms with E-state index in [1.807, 2.05) is 30.3 Å². The second kappa shape index (κ2) is 5.22. The van der Waals surface area contributed by atoms with Crippen molar-refractivity contribution in [3.63, 3.8) is 0 Å². The number of hydrogen-bond acceptors (Lipinski definition) is 5. The van der Waals surface area contributed by atoms with Crippen molar-refractivity contribution in [2.45, 2.75) is 13.5 Å². The van der Waals surface area contributed by atoms with Crippen molar-refractivity contribution in [2.75, 3.05) is 0 Å². The van der Waals surface area contributed by atoms with E-state index in [9.17, 15) is 9.90 Å². The lowest BCUT2D eigenvalue weighted by atomic mass is 10.2. The number of aldehydes is 1. The van der Waals surface area contributed by atoms with Gasteiger partial charge in [-0.15, -0.1) is 0 Å². The quantitative estimate of drug-likeness (QED) is 0.334. The lowest BCUT2D eigenvalue weighted by Crippen LogP contribution is -2.39. The molecular formula is C12H11N3O3. The third-order valence-electron chi connectivity index (χ3n) is 2.27. The van der Waals surface area contributed by atoms with E-state index in [2.05, 4.69) is 10.3 Å². The SMILES string of the molecule is C/C([O-])=N/c1on[n+](Cc2ccccc2)c1C=O. The first-order chi connectivity index (χ1) is 8.70. The number of hydrogen-bond donors (Lipinski definition) is 0. The topological polar surface area (TPSA) is 82.4 Å². The minimum Gasteiger partial charge on any atom is -0.862 e. The van der Waals surface area contributed by atoms with Gasteiger partial charge >= 0.3 is 11.6 Å². The fourth-order valence-electron chi connectivity index (χ4n) is 1.49. The number of rotatable bonds is 4. The molecule has 0 aliphatic rings. The molecule has 0 amide bonds. The summed E-state index contributed by atoms with van der Waals surface area (Å²) in [4.78, 5) is 14.6. The molecule has 0 saturated carbocycles. The lowest BCUT2D eigenvalue weighted by molar-refractivity contribution is -0.755. The second-order valence-corrected chi connectivity index (χ2v) is 3.66. The lowest BCUT2D eigenvalue weighted by Gasteiger charge is -1.97. The molecule has 0 aliphatic heterocycles. The van der Waals surface area contributed by atoms with Gasteiger partial charge in [0.2, 0.25) is 18.1 Å². The zero-order valence-corrected chi connectivity index (χ0v) is 9.74. The molecule has 2 aromatic rings. The molecule has 1 heterocycles. The third kappa shape index (κ3) is 2.60. The van der Waals surface area contributed by atoms with Crippen LogP contribution in [-0.4, -0.2) is 17.5 Å². The fraction of sp³-hybridized carbons (Fsp3) is 0.167. The Kier molecular flexibility index (Phi) is 3.47. The summed E-state index contributed by atoms with van der Waals surface area (Å²) in [7, 11) is 0. The molecule has 0 radical (unpaired) electrons. The summed E-state index contributed by atoms with van der Waals surface area (Å²) in [5, 5.41) is 14.6. The maximum absolute atomic E-state index is 11.0. The third-order valence-corrected chi connectivity index (χ3v) is 2.27. The van der Waals surface area contributed by atoms with Gasteiger partial charge in [0.1, 0.15) is 0 Å². The van der Waals surface area contributed by atoms with Gasteiger partial charge in [-0.05, 0) is 17.5 Å². The zero-order valence-electron chi connectivity index (χ0n) is 9.74. The van der Waals surface area contributed by atoms with E-state index in [0.717, 1.165) is 5.56 Å². The summed E-state index contributed by atoms with van der Waals surface area (Å²) in [5.41, 5.74) is 1.11. The number of aromatic nitrogens is 2. The standard InChI is InChI=1S/C12H11N3O3/c1-9(17)13-12-11(8-16)15(14-18-12)7-10-5-3-2-4-6-10/h2-6,8H,7H2,1H3. The molecule has 6 heteroatoms. The van der Waals surface area contributed by atoms with Crippen LogP contribution in [-0.2, 0) is 6.54 Å². The van der Waals surface area contributed by atoms with Gasteiger partial charge in [0, 0.05) is 5.56 Å². The van der Waals surface area contributed by atoms with Crippen LogP contribution in [0.2, 0.25) is 0 Å². The molecule has 92 valence electrons. The Bertz CT molecular complexity index is 572. The van der Waals surface area contributed by atoms with E-state index in [1.165, 1.54) is 11.6 Å². The molecule has 1 aromatic heterocycles. The Balaban J connectivity index is 2.32. The summed E-state index contributed by atoms with van der Waals surface area (Å²) in [6, 6.07) is 9.47. The van der Waals surface area contributed by atoms with Crippen LogP contribution >= 0.6 is 0 Å². The Morgan fingerprint density at radius 2 is 2.22 bits per heavy atom. The summed E-state index contributed by atoms with van der Waals surface area (Å²) < 4.78 is 6.23. The number of benzene rings is 1. The molecule has 2 rings (SSSR count). The minimum absolute atomic E-state index is 0.0616. The summed E-state index contributed by atoms with van der Waals surface area (Å²) in [6.07, 6.45) is 0.571. The predicted octanol–water partition coefficient (Wildman–Crippen LogP) is 0.233. The van der Waals surface area contributed by atoms with Crippen LogP contribution < -0.4 is 9.79 Å². The van der Waals surface area contributed by atoms with Gasteiger partial charge in [0.25, 0.3) is 0 Å². The Morgan fingerprint density at radius 3 is 2.83 bits per heavy atom. The highest BCUT2D eigenvalue weighted by Crippen LogP contribution is 2.12. The highest BCUT2D eigenvalue weighted by Gasteiger charge is 2.23. The van der Waals surface area contributed by atoms with Crippen molar-refractivity contribution < 1.29 is 19.1 Å². The van der Waals surface area contributed by atoms with Gasteiger partial charge in [-0.2, -0.15) is 0 Å². The average Bonchev–Trinajstić information content (AvgIpc) is 2.72. The summed E-state index contributed by atoms with van der Waals surface area (Å²) >= 11 is 0. The van der Waals surface area contributed by atoms with E-state index in [-0.39, 0.29) is 11.6 Å². The van der Waals surface area contributed by atoms with Crippen LogP contribution in [0.5, 0.6) is 0 Å². The molecule has 0 N–H and O–H groups in total. The van der Waals surface area contributed by atoms with Gasteiger partial charge in [-0.25, -0.2) is 4.99 Å². The molecule has 0 aliphatic carbocycles. The first-order valence-electron chi connectivity index (χ1n) is 5.32. The van der Waals surface area contributed by atoms with Crippen LogP contribution in [0.1, 0.15) is 23.0 Å². The highest BCUT2D eigenvalue weighted by atomic mass is 16.5. The fourth-order valence-corrected chi connectivity index (χ4v) is 1.49.